The van der Waals surface area contributed by atoms with Crippen LogP contribution in [-0.4, -0.2) is 15.6 Å². The molecule has 6 heteroatoms. The Morgan fingerprint density at radius 2 is 1.92 bits per heavy atom. The van der Waals surface area contributed by atoms with E-state index in [1.807, 2.05) is 12.1 Å². The van der Waals surface area contributed by atoms with Crippen molar-refractivity contribution in [1.29, 1.82) is 0 Å². The van der Waals surface area contributed by atoms with Crippen LogP contribution in [0.2, 0.25) is 5.02 Å². The van der Waals surface area contributed by atoms with E-state index < -0.39 is 11.5 Å². The van der Waals surface area contributed by atoms with E-state index in [0.29, 0.717) is 34.6 Å². The molecule has 1 aromatic heterocycles. The van der Waals surface area contributed by atoms with Gasteiger partial charge in [0.05, 0.1) is 5.52 Å². The maximum atomic E-state index is 12.7. The zero-order valence-electron chi connectivity index (χ0n) is 12.5. The molecule has 3 aromatic rings. The predicted molar refractivity (Wildman–Crippen MR) is 93.0 cm³/mol. The van der Waals surface area contributed by atoms with Gasteiger partial charge in [-0.25, -0.2) is 0 Å². The van der Waals surface area contributed by atoms with Crippen LogP contribution in [0.1, 0.15) is 15.9 Å². The number of nitrogens with one attached hydrogen (secondary N) is 1. The van der Waals surface area contributed by atoms with Crippen LogP contribution in [0.15, 0.2) is 47.3 Å². The fraction of sp³-hybridized carbons (Fsp3) is 0.111. The maximum Gasteiger partial charge on any atom is 0.267 e. The Hall–Kier alpha value is -2.79. The van der Waals surface area contributed by atoms with Gasteiger partial charge < -0.3 is 15.0 Å². The number of para-hydroxylation sites is 1. The van der Waals surface area contributed by atoms with Crippen LogP contribution >= 0.6 is 11.6 Å². The summed E-state index contributed by atoms with van der Waals surface area (Å²) < 4.78 is 1.56. The summed E-state index contributed by atoms with van der Waals surface area (Å²) >= 11 is 5.82. The molecule has 0 saturated heterocycles. The van der Waals surface area contributed by atoms with E-state index in [-0.39, 0.29) is 11.3 Å². The largest absolute Gasteiger partial charge is 0.506 e. The molecule has 2 aromatic carbocycles. The van der Waals surface area contributed by atoms with Crippen LogP contribution in [0.5, 0.6) is 5.75 Å². The number of hydrogen-bond donors (Lipinski definition) is 2. The maximum absolute atomic E-state index is 12.7. The SMILES string of the molecule is O=C(Nc1ccc(Cl)cc1)c1c(O)c2cccc3c2n(c1=O)CC3. The second-order valence-electron chi connectivity index (χ2n) is 5.70. The molecule has 0 saturated carbocycles. The number of carbonyl (C=O) groups is 1. The molecular weight excluding hydrogens is 328 g/mol. The summed E-state index contributed by atoms with van der Waals surface area (Å²) in [7, 11) is 0. The Morgan fingerprint density at radius 1 is 1.17 bits per heavy atom. The van der Waals surface area contributed by atoms with E-state index in [2.05, 4.69) is 5.32 Å². The molecule has 5 nitrogen and oxygen atoms in total. The molecule has 120 valence electrons. The first kappa shape index (κ1) is 14.8. The van der Waals surface area contributed by atoms with Crippen LogP contribution in [0.4, 0.5) is 5.69 Å². The molecular formula is C18H13ClN2O3. The molecule has 24 heavy (non-hydrogen) atoms. The molecule has 0 aliphatic carbocycles. The number of carbonyl (C=O) groups excluding carboxylic acids is 1. The average molecular weight is 341 g/mol. The van der Waals surface area contributed by atoms with Crippen molar-refractivity contribution in [3.63, 3.8) is 0 Å². The van der Waals surface area contributed by atoms with Crippen LogP contribution in [0.3, 0.4) is 0 Å². The third kappa shape index (κ3) is 2.17. The lowest BCUT2D eigenvalue weighted by Gasteiger charge is -2.11. The highest BCUT2D eigenvalue weighted by molar-refractivity contribution is 6.30. The number of benzene rings is 2. The van der Waals surface area contributed by atoms with Gasteiger partial charge in [0.25, 0.3) is 11.5 Å². The second kappa shape index (κ2) is 5.39. The van der Waals surface area contributed by atoms with Gasteiger partial charge in [0, 0.05) is 22.6 Å². The topological polar surface area (TPSA) is 71.3 Å². The van der Waals surface area contributed by atoms with E-state index in [1.54, 1.807) is 34.9 Å². The fourth-order valence-corrected chi connectivity index (χ4v) is 3.28. The van der Waals surface area contributed by atoms with Crippen LogP contribution in [-0.2, 0) is 13.0 Å². The lowest BCUT2D eigenvalue weighted by molar-refractivity contribution is 0.102. The number of halogens is 1. The van der Waals surface area contributed by atoms with E-state index in [0.717, 1.165) is 5.56 Å². The van der Waals surface area contributed by atoms with Crippen molar-refractivity contribution >= 4 is 34.1 Å². The lowest BCUT2D eigenvalue weighted by Crippen LogP contribution is -2.28. The molecule has 2 heterocycles. The number of aromatic hydroxyl groups is 1. The van der Waals surface area contributed by atoms with Gasteiger partial charge in [0.2, 0.25) is 0 Å². The molecule has 1 amide bonds. The average Bonchev–Trinajstić information content (AvgIpc) is 3.00. The van der Waals surface area contributed by atoms with Crippen LogP contribution in [0, 0.1) is 0 Å². The summed E-state index contributed by atoms with van der Waals surface area (Å²) in [6.07, 6.45) is 0.717. The van der Waals surface area contributed by atoms with Gasteiger partial charge in [0.15, 0.2) is 0 Å². The highest BCUT2D eigenvalue weighted by Gasteiger charge is 2.25. The quantitative estimate of drug-likeness (QED) is 0.752. The van der Waals surface area contributed by atoms with Crippen molar-refractivity contribution < 1.29 is 9.90 Å². The number of aromatic nitrogens is 1. The molecule has 1 aliphatic heterocycles. The van der Waals surface area contributed by atoms with Gasteiger partial charge in [-0.05, 0) is 42.3 Å². The van der Waals surface area contributed by atoms with Crippen molar-refractivity contribution in [2.24, 2.45) is 0 Å². The summed E-state index contributed by atoms with van der Waals surface area (Å²) in [5.74, 6) is -0.913. The monoisotopic (exact) mass is 340 g/mol. The predicted octanol–water partition coefficient (Wildman–Crippen LogP) is 3.17. The lowest BCUT2D eigenvalue weighted by atomic mass is 10.1. The number of hydrogen-bond acceptors (Lipinski definition) is 3. The first-order valence-electron chi connectivity index (χ1n) is 7.50. The third-order valence-electron chi connectivity index (χ3n) is 4.27. The Morgan fingerprint density at radius 3 is 2.67 bits per heavy atom. The van der Waals surface area contributed by atoms with Crippen LogP contribution in [0.25, 0.3) is 10.9 Å². The van der Waals surface area contributed by atoms with Crippen molar-refractivity contribution in [1.82, 2.24) is 4.57 Å². The number of nitrogens with zero attached hydrogens (tertiary/aromatic N) is 1. The van der Waals surface area contributed by atoms with Crippen molar-refractivity contribution in [3.8, 4) is 5.75 Å². The summed E-state index contributed by atoms with van der Waals surface area (Å²) in [6, 6.07) is 12.0. The molecule has 1 aliphatic rings. The molecule has 2 N–H and O–H groups in total. The minimum Gasteiger partial charge on any atom is -0.506 e. The summed E-state index contributed by atoms with van der Waals surface area (Å²) in [6.45, 7) is 0.510. The van der Waals surface area contributed by atoms with Crippen molar-refractivity contribution in [2.75, 3.05) is 5.32 Å². The first-order valence-corrected chi connectivity index (χ1v) is 7.88. The molecule has 0 atom stereocenters. The highest BCUT2D eigenvalue weighted by Crippen LogP contribution is 2.32. The number of rotatable bonds is 2. The van der Waals surface area contributed by atoms with E-state index in [1.165, 1.54) is 0 Å². The molecule has 0 spiro atoms. The number of amides is 1. The zero-order valence-corrected chi connectivity index (χ0v) is 13.3. The molecule has 0 unspecified atom stereocenters. The Labute approximate surface area is 142 Å². The highest BCUT2D eigenvalue weighted by atomic mass is 35.5. The summed E-state index contributed by atoms with van der Waals surface area (Å²) in [5.41, 5.74) is 1.50. The number of pyridine rings is 1. The minimum absolute atomic E-state index is 0.239. The normalized spacial score (nSPS) is 12.5. The Kier molecular flexibility index (Phi) is 3.32. The van der Waals surface area contributed by atoms with Gasteiger partial charge in [-0.1, -0.05) is 23.7 Å². The minimum atomic E-state index is -0.636. The van der Waals surface area contributed by atoms with Gasteiger partial charge in [0.1, 0.15) is 11.3 Å². The van der Waals surface area contributed by atoms with Gasteiger partial charge >= 0.3 is 0 Å². The van der Waals surface area contributed by atoms with E-state index in [4.69, 9.17) is 11.6 Å². The molecule has 0 radical (unpaired) electrons. The smallest absolute Gasteiger partial charge is 0.267 e. The zero-order chi connectivity index (χ0) is 16.8. The van der Waals surface area contributed by atoms with Crippen molar-refractivity contribution in [2.45, 2.75) is 13.0 Å². The Bertz CT molecular complexity index is 1040. The number of anilines is 1. The molecule has 0 bridgehead atoms. The van der Waals surface area contributed by atoms with Gasteiger partial charge in [-0.3, -0.25) is 9.59 Å². The third-order valence-corrected chi connectivity index (χ3v) is 4.53. The first-order chi connectivity index (χ1) is 11.6. The Balaban J connectivity index is 1.84. The standard InChI is InChI=1S/C18H13ClN2O3/c19-11-4-6-12(7-5-11)20-17(23)14-16(22)13-3-1-2-10-8-9-21(15(10)13)18(14)24/h1-7,22H,8-9H2,(H,20,23). The molecule has 4 rings (SSSR count). The molecule has 0 fully saturated rings. The van der Waals surface area contributed by atoms with E-state index >= 15 is 0 Å². The second-order valence-corrected chi connectivity index (χ2v) is 6.14. The number of aryl methyl sites for hydroxylation is 2. The van der Waals surface area contributed by atoms with E-state index in [9.17, 15) is 14.7 Å². The van der Waals surface area contributed by atoms with Crippen molar-refractivity contribution in [3.05, 3.63) is 69.0 Å². The van der Waals surface area contributed by atoms with Crippen LogP contribution < -0.4 is 10.9 Å². The summed E-state index contributed by atoms with van der Waals surface area (Å²) in [5, 5.41) is 14.2. The van der Waals surface area contributed by atoms with Gasteiger partial charge in [-0.15, -0.1) is 0 Å². The van der Waals surface area contributed by atoms with Gasteiger partial charge in [-0.2, -0.15) is 0 Å². The fourth-order valence-electron chi connectivity index (χ4n) is 3.15. The summed E-state index contributed by atoms with van der Waals surface area (Å²) in [4.78, 5) is 25.2.